The molecule has 0 radical (unpaired) electrons. The molecule has 0 heterocycles. The predicted molar refractivity (Wildman–Crippen MR) is 63.3 cm³/mol. The zero-order valence-electron chi connectivity index (χ0n) is 9.25. The Morgan fingerprint density at radius 3 is 2.69 bits per heavy atom. The van der Waals surface area contributed by atoms with E-state index in [2.05, 4.69) is 25.1 Å². The number of nitrogens with two attached hydrogens (primary N) is 1. The second-order valence-corrected chi connectivity index (χ2v) is 4.78. The summed E-state index contributed by atoms with van der Waals surface area (Å²) in [6.45, 7) is 5.55. The molecular formula is C10H24N2S. The highest BCUT2D eigenvalue weighted by Crippen LogP contribution is 2.06. The van der Waals surface area contributed by atoms with Crippen LogP contribution in [-0.4, -0.2) is 43.6 Å². The van der Waals surface area contributed by atoms with Gasteiger partial charge >= 0.3 is 0 Å². The van der Waals surface area contributed by atoms with Crippen LogP contribution in [0.25, 0.3) is 0 Å². The second-order valence-electron chi connectivity index (χ2n) is 3.79. The maximum atomic E-state index is 5.47. The third-order valence-corrected chi connectivity index (χ3v) is 2.79. The van der Waals surface area contributed by atoms with Crippen molar-refractivity contribution in [3.8, 4) is 0 Å². The quantitative estimate of drug-likeness (QED) is 0.652. The lowest BCUT2D eigenvalue weighted by Gasteiger charge is -2.20. The summed E-state index contributed by atoms with van der Waals surface area (Å²) in [7, 11) is 2.20. The van der Waals surface area contributed by atoms with Crippen LogP contribution in [0.3, 0.4) is 0 Å². The molecule has 0 aliphatic heterocycles. The van der Waals surface area contributed by atoms with E-state index < -0.39 is 0 Å². The molecule has 0 aliphatic carbocycles. The average Bonchev–Trinajstić information content (AvgIpc) is 2.11. The Hall–Kier alpha value is 0.270. The number of nitrogens with zero attached hydrogens (tertiary/aromatic N) is 1. The topological polar surface area (TPSA) is 29.3 Å². The lowest BCUT2D eigenvalue weighted by atomic mass is 10.1. The van der Waals surface area contributed by atoms with E-state index in [-0.39, 0.29) is 0 Å². The van der Waals surface area contributed by atoms with Crippen molar-refractivity contribution >= 4 is 11.8 Å². The van der Waals surface area contributed by atoms with Crippen molar-refractivity contribution in [2.45, 2.75) is 19.8 Å². The van der Waals surface area contributed by atoms with Gasteiger partial charge in [0.1, 0.15) is 0 Å². The largest absolute Gasteiger partial charge is 0.330 e. The zero-order valence-corrected chi connectivity index (χ0v) is 10.1. The van der Waals surface area contributed by atoms with E-state index in [9.17, 15) is 0 Å². The van der Waals surface area contributed by atoms with Gasteiger partial charge in [-0.1, -0.05) is 6.92 Å². The minimum atomic E-state index is 0.787. The van der Waals surface area contributed by atoms with Gasteiger partial charge in [0.05, 0.1) is 0 Å². The highest BCUT2D eigenvalue weighted by molar-refractivity contribution is 7.98. The lowest BCUT2D eigenvalue weighted by Crippen LogP contribution is -2.26. The number of rotatable bonds is 8. The number of hydrogen-bond acceptors (Lipinski definition) is 3. The Bertz CT molecular complexity index is 97.1. The normalized spacial score (nSPS) is 13.6. The Kier molecular flexibility index (Phi) is 9.03. The van der Waals surface area contributed by atoms with E-state index in [4.69, 9.17) is 5.73 Å². The van der Waals surface area contributed by atoms with E-state index in [0.717, 1.165) is 18.9 Å². The van der Waals surface area contributed by atoms with Gasteiger partial charge in [-0.2, -0.15) is 11.8 Å². The summed E-state index contributed by atoms with van der Waals surface area (Å²) >= 11 is 1.91. The molecule has 0 aromatic rings. The molecule has 0 aromatic heterocycles. The van der Waals surface area contributed by atoms with E-state index in [1.54, 1.807) is 0 Å². The molecule has 2 nitrogen and oxygen atoms in total. The van der Waals surface area contributed by atoms with Gasteiger partial charge in [0.25, 0.3) is 0 Å². The molecule has 0 rings (SSSR count). The Balaban J connectivity index is 3.35. The summed E-state index contributed by atoms with van der Waals surface area (Å²) in [4.78, 5) is 2.41. The molecule has 0 saturated heterocycles. The summed E-state index contributed by atoms with van der Waals surface area (Å²) < 4.78 is 0. The molecule has 2 N–H and O–H groups in total. The van der Waals surface area contributed by atoms with E-state index >= 15 is 0 Å². The van der Waals surface area contributed by atoms with Gasteiger partial charge in [-0.15, -0.1) is 0 Å². The zero-order chi connectivity index (χ0) is 10.1. The van der Waals surface area contributed by atoms with Crippen molar-refractivity contribution in [2.75, 3.05) is 38.7 Å². The summed E-state index contributed by atoms with van der Waals surface area (Å²) in [5.74, 6) is 2.02. The van der Waals surface area contributed by atoms with Crippen LogP contribution in [0.5, 0.6) is 0 Å². The Labute approximate surface area is 87.2 Å². The SMILES string of the molecule is CSCCN(C)CC(C)CCCN. The van der Waals surface area contributed by atoms with E-state index in [1.807, 2.05) is 11.8 Å². The Morgan fingerprint density at radius 2 is 2.15 bits per heavy atom. The van der Waals surface area contributed by atoms with Crippen LogP contribution in [0.1, 0.15) is 19.8 Å². The maximum absolute atomic E-state index is 5.47. The molecule has 3 heteroatoms. The van der Waals surface area contributed by atoms with Gasteiger partial charge in [0.15, 0.2) is 0 Å². The number of hydrogen-bond donors (Lipinski definition) is 1. The highest BCUT2D eigenvalue weighted by Gasteiger charge is 2.04. The third-order valence-electron chi connectivity index (χ3n) is 2.20. The minimum absolute atomic E-state index is 0.787. The molecule has 0 bridgehead atoms. The Morgan fingerprint density at radius 1 is 1.46 bits per heavy atom. The molecule has 0 spiro atoms. The first-order valence-corrected chi connectivity index (χ1v) is 6.47. The molecule has 1 atom stereocenters. The molecule has 1 unspecified atom stereocenters. The number of thioether (sulfide) groups is 1. The molecule has 0 fully saturated rings. The predicted octanol–water partition coefficient (Wildman–Crippen LogP) is 1.66. The van der Waals surface area contributed by atoms with Gasteiger partial charge in [-0.3, -0.25) is 0 Å². The molecule has 13 heavy (non-hydrogen) atoms. The van der Waals surface area contributed by atoms with Gasteiger partial charge in [0, 0.05) is 18.8 Å². The summed E-state index contributed by atoms with van der Waals surface area (Å²) in [5.41, 5.74) is 5.47. The summed E-state index contributed by atoms with van der Waals surface area (Å²) in [5, 5.41) is 0. The van der Waals surface area contributed by atoms with Crippen molar-refractivity contribution in [3.05, 3.63) is 0 Å². The molecule has 0 amide bonds. The summed E-state index contributed by atoms with van der Waals surface area (Å²) in [6.07, 6.45) is 4.59. The average molecular weight is 204 g/mol. The van der Waals surface area contributed by atoms with Crippen LogP contribution >= 0.6 is 11.8 Å². The van der Waals surface area contributed by atoms with Crippen molar-refractivity contribution in [1.29, 1.82) is 0 Å². The van der Waals surface area contributed by atoms with Gasteiger partial charge < -0.3 is 10.6 Å². The summed E-state index contributed by atoms with van der Waals surface area (Å²) in [6, 6.07) is 0. The molecule has 0 aromatic carbocycles. The maximum Gasteiger partial charge on any atom is 0.00693 e. The fourth-order valence-electron chi connectivity index (χ4n) is 1.43. The molecule has 0 saturated carbocycles. The second kappa shape index (κ2) is 8.85. The highest BCUT2D eigenvalue weighted by atomic mass is 32.2. The fraction of sp³-hybridized carbons (Fsp3) is 1.00. The van der Waals surface area contributed by atoms with Crippen LogP contribution in [-0.2, 0) is 0 Å². The van der Waals surface area contributed by atoms with Gasteiger partial charge in [0.2, 0.25) is 0 Å². The van der Waals surface area contributed by atoms with Crippen molar-refractivity contribution < 1.29 is 0 Å². The van der Waals surface area contributed by atoms with Gasteiger partial charge in [-0.05, 0) is 38.6 Å². The molecular weight excluding hydrogens is 180 g/mol. The third kappa shape index (κ3) is 8.60. The van der Waals surface area contributed by atoms with Crippen molar-refractivity contribution in [2.24, 2.45) is 11.7 Å². The first kappa shape index (κ1) is 13.3. The van der Waals surface area contributed by atoms with Crippen LogP contribution in [0.2, 0.25) is 0 Å². The monoisotopic (exact) mass is 204 g/mol. The van der Waals surface area contributed by atoms with Crippen LogP contribution in [0, 0.1) is 5.92 Å². The minimum Gasteiger partial charge on any atom is -0.330 e. The van der Waals surface area contributed by atoms with Gasteiger partial charge in [-0.25, -0.2) is 0 Å². The van der Waals surface area contributed by atoms with Crippen LogP contribution < -0.4 is 5.73 Å². The lowest BCUT2D eigenvalue weighted by molar-refractivity contribution is 0.291. The van der Waals surface area contributed by atoms with Crippen LogP contribution in [0.4, 0.5) is 0 Å². The fourth-order valence-corrected chi connectivity index (χ4v) is 1.92. The molecule has 80 valence electrons. The smallest absolute Gasteiger partial charge is 0.00693 e. The molecule has 0 aliphatic rings. The van der Waals surface area contributed by atoms with Crippen molar-refractivity contribution in [3.63, 3.8) is 0 Å². The van der Waals surface area contributed by atoms with E-state index in [1.165, 1.54) is 25.3 Å². The first-order valence-electron chi connectivity index (χ1n) is 5.08. The van der Waals surface area contributed by atoms with E-state index in [0.29, 0.717) is 0 Å². The first-order chi connectivity index (χ1) is 6.20. The standard InChI is InChI=1S/C10H24N2S/c1-10(5-4-6-11)9-12(2)7-8-13-3/h10H,4-9,11H2,1-3H3. The van der Waals surface area contributed by atoms with Crippen molar-refractivity contribution in [1.82, 2.24) is 4.90 Å². The van der Waals surface area contributed by atoms with Crippen LogP contribution in [0.15, 0.2) is 0 Å².